The lowest BCUT2D eigenvalue weighted by atomic mass is 10.1. The maximum Gasteiger partial charge on any atom is 0.265 e. The Bertz CT molecular complexity index is 664. The number of carbonyl (C=O) groups excluding carboxylic acids is 2. The van der Waals surface area contributed by atoms with Crippen molar-refractivity contribution in [2.45, 2.75) is 6.42 Å². The smallest absolute Gasteiger partial charge is 0.265 e. The first-order valence-corrected chi connectivity index (χ1v) is 6.25. The fourth-order valence-corrected chi connectivity index (χ4v) is 2.32. The number of carbonyl (C=O) groups is 2. The van der Waals surface area contributed by atoms with Crippen molar-refractivity contribution < 1.29 is 9.59 Å². The van der Waals surface area contributed by atoms with E-state index in [-0.39, 0.29) is 18.2 Å². The summed E-state index contributed by atoms with van der Waals surface area (Å²) in [6.07, 6.45) is 0.273. The second kappa shape index (κ2) is 4.52. The highest BCUT2D eigenvalue weighted by Crippen LogP contribution is 2.29. The molecule has 0 bridgehead atoms. The molecule has 0 aliphatic carbocycles. The number of benzene rings is 2. The highest BCUT2D eigenvalue weighted by atomic mass is 35.5. The van der Waals surface area contributed by atoms with Gasteiger partial charge in [-0.1, -0.05) is 29.8 Å². The summed E-state index contributed by atoms with van der Waals surface area (Å²) in [5, 5.41) is 0.560. The van der Waals surface area contributed by atoms with Gasteiger partial charge in [0, 0.05) is 10.6 Å². The predicted octanol–water partition coefficient (Wildman–Crippen LogP) is 3.07. The average Bonchev–Trinajstić information content (AvgIpc) is 2.74. The highest BCUT2D eigenvalue weighted by Gasteiger charge is 2.32. The van der Waals surface area contributed by atoms with Crippen molar-refractivity contribution in [2.75, 3.05) is 4.90 Å². The van der Waals surface area contributed by atoms with Gasteiger partial charge in [0.05, 0.1) is 12.1 Å². The molecule has 0 saturated heterocycles. The lowest BCUT2D eigenvalue weighted by molar-refractivity contribution is -0.116. The molecular weight excluding hydrogens is 262 g/mol. The SMILES string of the molecule is O=C1Cc2ccccc2N1C(=O)c1ccc(Cl)cc1. The van der Waals surface area contributed by atoms with Crippen LogP contribution in [0.4, 0.5) is 5.69 Å². The predicted molar refractivity (Wildman–Crippen MR) is 73.4 cm³/mol. The van der Waals surface area contributed by atoms with Gasteiger partial charge in [-0.3, -0.25) is 9.59 Å². The van der Waals surface area contributed by atoms with E-state index in [1.54, 1.807) is 30.3 Å². The molecule has 2 aromatic rings. The largest absolute Gasteiger partial charge is 0.274 e. The Labute approximate surface area is 115 Å². The van der Waals surface area contributed by atoms with E-state index in [1.807, 2.05) is 18.2 Å². The van der Waals surface area contributed by atoms with Crippen molar-refractivity contribution >= 4 is 29.1 Å². The molecular formula is C15H10ClNO2. The summed E-state index contributed by atoms with van der Waals surface area (Å²) < 4.78 is 0. The summed E-state index contributed by atoms with van der Waals surface area (Å²) in [7, 11) is 0. The molecule has 1 heterocycles. The van der Waals surface area contributed by atoms with Crippen LogP contribution in [-0.4, -0.2) is 11.8 Å². The molecule has 0 fully saturated rings. The van der Waals surface area contributed by atoms with Gasteiger partial charge in [0.15, 0.2) is 0 Å². The number of amides is 2. The minimum atomic E-state index is -0.313. The zero-order valence-corrected chi connectivity index (χ0v) is 10.7. The summed E-state index contributed by atoms with van der Waals surface area (Å²) in [5.74, 6) is -0.507. The first kappa shape index (κ1) is 11.9. The number of hydrogen-bond donors (Lipinski definition) is 0. The van der Waals surface area contributed by atoms with Crippen LogP contribution in [0.3, 0.4) is 0 Å². The van der Waals surface area contributed by atoms with E-state index in [0.29, 0.717) is 16.3 Å². The third-order valence-electron chi connectivity index (χ3n) is 3.12. The van der Waals surface area contributed by atoms with Crippen molar-refractivity contribution in [2.24, 2.45) is 0 Å². The summed E-state index contributed by atoms with van der Waals surface area (Å²) >= 11 is 5.79. The minimum Gasteiger partial charge on any atom is -0.274 e. The van der Waals surface area contributed by atoms with Crippen LogP contribution in [0.1, 0.15) is 15.9 Å². The van der Waals surface area contributed by atoms with Gasteiger partial charge in [-0.2, -0.15) is 0 Å². The molecule has 0 unspecified atom stereocenters. The van der Waals surface area contributed by atoms with Gasteiger partial charge in [0.2, 0.25) is 5.91 Å². The van der Waals surface area contributed by atoms with Gasteiger partial charge in [-0.25, -0.2) is 4.90 Å². The van der Waals surface area contributed by atoms with Gasteiger partial charge >= 0.3 is 0 Å². The Balaban J connectivity index is 2.00. The van der Waals surface area contributed by atoms with Gasteiger partial charge in [-0.15, -0.1) is 0 Å². The fourth-order valence-electron chi connectivity index (χ4n) is 2.20. The summed E-state index contributed by atoms with van der Waals surface area (Å²) in [4.78, 5) is 25.6. The van der Waals surface area contributed by atoms with E-state index in [1.165, 1.54) is 4.90 Å². The van der Waals surface area contributed by atoms with Crippen molar-refractivity contribution in [1.82, 2.24) is 0 Å². The van der Waals surface area contributed by atoms with Gasteiger partial charge in [-0.05, 0) is 35.9 Å². The van der Waals surface area contributed by atoms with E-state index < -0.39 is 0 Å². The summed E-state index contributed by atoms with van der Waals surface area (Å²) in [5.41, 5.74) is 2.01. The van der Waals surface area contributed by atoms with Crippen molar-refractivity contribution in [3.8, 4) is 0 Å². The quantitative estimate of drug-likeness (QED) is 0.748. The molecule has 0 atom stereocenters. The van der Waals surface area contributed by atoms with Crippen molar-refractivity contribution in [3.05, 3.63) is 64.7 Å². The van der Waals surface area contributed by atoms with Crippen LogP contribution < -0.4 is 4.90 Å². The zero-order chi connectivity index (χ0) is 13.4. The number of anilines is 1. The number of halogens is 1. The lowest BCUT2D eigenvalue weighted by Gasteiger charge is -2.15. The average molecular weight is 272 g/mol. The Morgan fingerprint density at radius 3 is 2.47 bits per heavy atom. The molecule has 1 aliphatic heterocycles. The number of rotatable bonds is 1. The van der Waals surface area contributed by atoms with Crippen LogP contribution in [0.15, 0.2) is 48.5 Å². The Morgan fingerprint density at radius 1 is 1.05 bits per heavy atom. The van der Waals surface area contributed by atoms with Crippen LogP contribution in [0.25, 0.3) is 0 Å². The Morgan fingerprint density at radius 2 is 1.74 bits per heavy atom. The van der Waals surface area contributed by atoms with E-state index in [4.69, 9.17) is 11.6 Å². The third-order valence-corrected chi connectivity index (χ3v) is 3.37. The maximum absolute atomic E-state index is 12.4. The molecule has 3 rings (SSSR count). The van der Waals surface area contributed by atoms with Crippen LogP contribution in [0, 0.1) is 0 Å². The number of fused-ring (bicyclic) bond motifs is 1. The summed E-state index contributed by atoms with van der Waals surface area (Å²) in [6.45, 7) is 0. The number of nitrogens with zero attached hydrogens (tertiary/aromatic N) is 1. The van der Waals surface area contributed by atoms with E-state index in [0.717, 1.165) is 5.56 Å². The molecule has 0 spiro atoms. The van der Waals surface area contributed by atoms with Gasteiger partial charge in [0.25, 0.3) is 5.91 Å². The molecule has 2 aromatic carbocycles. The summed E-state index contributed by atoms with van der Waals surface area (Å²) in [6, 6.07) is 13.9. The molecule has 4 heteroatoms. The topological polar surface area (TPSA) is 37.4 Å². The molecule has 94 valence electrons. The molecule has 0 saturated carbocycles. The second-order valence-corrected chi connectivity index (χ2v) is 4.78. The molecule has 3 nitrogen and oxygen atoms in total. The minimum absolute atomic E-state index is 0.193. The van der Waals surface area contributed by atoms with Crippen LogP contribution in [0.5, 0.6) is 0 Å². The lowest BCUT2D eigenvalue weighted by Crippen LogP contribution is -2.33. The normalized spacial score (nSPS) is 13.5. The third kappa shape index (κ3) is 2.02. The molecule has 2 amide bonds. The van der Waals surface area contributed by atoms with Gasteiger partial charge < -0.3 is 0 Å². The first-order chi connectivity index (χ1) is 9.16. The highest BCUT2D eigenvalue weighted by molar-refractivity contribution is 6.31. The standard InChI is InChI=1S/C15H10ClNO2/c16-12-7-5-10(6-8-12)15(19)17-13-4-2-1-3-11(13)9-14(17)18/h1-8H,9H2. The Hall–Kier alpha value is -2.13. The number of para-hydroxylation sites is 1. The molecule has 0 radical (unpaired) electrons. The molecule has 1 aliphatic rings. The molecule has 0 aromatic heterocycles. The zero-order valence-electron chi connectivity index (χ0n) is 9.97. The maximum atomic E-state index is 12.4. The molecule has 0 N–H and O–H groups in total. The first-order valence-electron chi connectivity index (χ1n) is 5.87. The van der Waals surface area contributed by atoms with Gasteiger partial charge in [0.1, 0.15) is 0 Å². The second-order valence-electron chi connectivity index (χ2n) is 4.35. The van der Waals surface area contributed by atoms with E-state index in [2.05, 4.69) is 0 Å². The van der Waals surface area contributed by atoms with E-state index in [9.17, 15) is 9.59 Å². The monoisotopic (exact) mass is 271 g/mol. The van der Waals surface area contributed by atoms with E-state index >= 15 is 0 Å². The van der Waals surface area contributed by atoms with Crippen LogP contribution in [-0.2, 0) is 11.2 Å². The van der Waals surface area contributed by atoms with Crippen molar-refractivity contribution in [3.63, 3.8) is 0 Å². The number of hydrogen-bond acceptors (Lipinski definition) is 2. The Kier molecular flexibility index (Phi) is 2.84. The fraction of sp³-hybridized carbons (Fsp3) is 0.0667. The van der Waals surface area contributed by atoms with Crippen LogP contribution >= 0.6 is 11.6 Å². The molecule has 19 heavy (non-hydrogen) atoms. The number of imide groups is 1. The van der Waals surface area contributed by atoms with Crippen molar-refractivity contribution in [1.29, 1.82) is 0 Å². The van der Waals surface area contributed by atoms with Crippen LogP contribution in [0.2, 0.25) is 5.02 Å².